The van der Waals surface area contributed by atoms with Crippen molar-refractivity contribution in [3.8, 4) is 6.07 Å². The summed E-state index contributed by atoms with van der Waals surface area (Å²) in [6.45, 7) is 0. The van der Waals surface area contributed by atoms with Gasteiger partial charge in [-0.25, -0.2) is 0 Å². The molecule has 0 aliphatic carbocycles. The van der Waals surface area contributed by atoms with Gasteiger partial charge in [-0.15, -0.1) is 0 Å². The highest BCUT2D eigenvalue weighted by molar-refractivity contribution is 6.42. The van der Waals surface area contributed by atoms with Crippen LogP contribution < -0.4 is 11.1 Å². The molecule has 5 nitrogen and oxygen atoms in total. The lowest BCUT2D eigenvalue weighted by molar-refractivity contribution is 0.0945. The van der Waals surface area contributed by atoms with E-state index >= 15 is 0 Å². The number of rotatable bonds is 4. The first-order valence-electron chi connectivity index (χ1n) is 6.47. The van der Waals surface area contributed by atoms with Crippen LogP contribution >= 0.6 is 23.2 Å². The molecule has 2 aromatic carbocycles. The quantitative estimate of drug-likeness (QED) is 0.889. The average Bonchev–Trinajstić information content (AvgIpc) is 2.55. The molecule has 0 aliphatic rings. The van der Waals surface area contributed by atoms with Crippen LogP contribution in [-0.2, 0) is 0 Å². The van der Waals surface area contributed by atoms with E-state index in [2.05, 4.69) is 5.32 Å². The van der Waals surface area contributed by atoms with Gasteiger partial charge in [0.05, 0.1) is 16.1 Å². The molecule has 2 rings (SSSR count). The molecule has 1 unspecified atom stereocenters. The van der Waals surface area contributed by atoms with E-state index in [-0.39, 0.29) is 16.1 Å². The van der Waals surface area contributed by atoms with Gasteiger partial charge >= 0.3 is 0 Å². The predicted molar refractivity (Wildman–Crippen MR) is 87.2 cm³/mol. The summed E-state index contributed by atoms with van der Waals surface area (Å²) in [5, 5.41) is 12.5. The molecule has 0 radical (unpaired) electrons. The van der Waals surface area contributed by atoms with Crippen LogP contribution in [0, 0.1) is 11.3 Å². The van der Waals surface area contributed by atoms with E-state index in [1.807, 2.05) is 6.07 Å². The lowest BCUT2D eigenvalue weighted by atomic mass is 10.1. The molecule has 3 N–H and O–H groups in total. The van der Waals surface area contributed by atoms with Crippen LogP contribution in [0.25, 0.3) is 0 Å². The molecule has 0 saturated heterocycles. The molecule has 2 amide bonds. The summed E-state index contributed by atoms with van der Waals surface area (Å²) in [4.78, 5) is 23.4. The number of hydrogen-bond acceptors (Lipinski definition) is 3. The standard InChI is InChI=1S/C16H11Cl2N3O2/c17-12-5-4-9(7-13(12)18)14(8-19)21-16(23)11-3-1-2-10(6-11)15(20)22/h1-7,14H,(H2,20,22)(H,21,23). The van der Waals surface area contributed by atoms with Crippen molar-refractivity contribution in [2.75, 3.05) is 0 Å². The Balaban J connectivity index is 2.23. The van der Waals surface area contributed by atoms with Crippen molar-refractivity contribution >= 4 is 35.0 Å². The SMILES string of the molecule is N#CC(NC(=O)c1cccc(C(N)=O)c1)c1ccc(Cl)c(Cl)c1. The highest BCUT2D eigenvalue weighted by atomic mass is 35.5. The maximum atomic E-state index is 12.2. The molecule has 116 valence electrons. The average molecular weight is 348 g/mol. The Morgan fingerprint density at radius 2 is 1.78 bits per heavy atom. The van der Waals surface area contributed by atoms with Crippen LogP contribution in [0.15, 0.2) is 42.5 Å². The fourth-order valence-corrected chi connectivity index (χ4v) is 2.22. The smallest absolute Gasteiger partial charge is 0.252 e. The Morgan fingerprint density at radius 3 is 2.39 bits per heavy atom. The van der Waals surface area contributed by atoms with Crippen molar-refractivity contribution in [3.05, 3.63) is 69.2 Å². The third kappa shape index (κ3) is 4.01. The number of halogens is 2. The molecule has 23 heavy (non-hydrogen) atoms. The summed E-state index contributed by atoms with van der Waals surface area (Å²) < 4.78 is 0. The van der Waals surface area contributed by atoms with Gasteiger partial charge in [0.2, 0.25) is 5.91 Å². The molecule has 0 bridgehead atoms. The van der Waals surface area contributed by atoms with Gasteiger partial charge in [-0.05, 0) is 35.9 Å². The Labute approximate surface area is 142 Å². The highest BCUT2D eigenvalue weighted by Crippen LogP contribution is 2.25. The number of nitrogens with zero attached hydrogens (tertiary/aromatic N) is 1. The number of nitrogens with two attached hydrogens (primary N) is 1. The number of nitriles is 1. The number of benzene rings is 2. The first kappa shape index (κ1) is 16.8. The first-order chi connectivity index (χ1) is 10.9. The van der Waals surface area contributed by atoms with E-state index in [0.717, 1.165) is 0 Å². The molecular weight excluding hydrogens is 337 g/mol. The van der Waals surface area contributed by atoms with Gasteiger partial charge in [0.25, 0.3) is 5.91 Å². The van der Waals surface area contributed by atoms with Gasteiger partial charge in [-0.3, -0.25) is 9.59 Å². The van der Waals surface area contributed by atoms with Crippen molar-refractivity contribution in [1.29, 1.82) is 5.26 Å². The van der Waals surface area contributed by atoms with Gasteiger partial charge < -0.3 is 11.1 Å². The Kier molecular flexibility index (Phi) is 5.22. The van der Waals surface area contributed by atoms with Gasteiger partial charge in [0, 0.05) is 11.1 Å². The number of primary amides is 1. The van der Waals surface area contributed by atoms with Crippen molar-refractivity contribution in [2.45, 2.75) is 6.04 Å². The van der Waals surface area contributed by atoms with E-state index in [1.165, 1.54) is 30.3 Å². The monoisotopic (exact) mass is 347 g/mol. The van der Waals surface area contributed by atoms with Crippen LogP contribution in [0.5, 0.6) is 0 Å². The number of carbonyl (C=O) groups is 2. The van der Waals surface area contributed by atoms with Crippen molar-refractivity contribution in [2.24, 2.45) is 5.73 Å². The molecule has 0 saturated carbocycles. The minimum Gasteiger partial charge on any atom is -0.366 e. The zero-order valence-corrected chi connectivity index (χ0v) is 13.2. The summed E-state index contributed by atoms with van der Waals surface area (Å²) in [6.07, 6.45) is 0. The minimum absolute atomic E-state index is 0.209. The van der Waals surface area contributed by atoms with Crippen LogP contribution in [0.3, 0.4) is 0 Å². The maximum absolute atomic E-state index is 12.2. The van der Waals surface area contributed by atoms with Gasteiger partial charge in [0.15, 0.2) is 0 Å². The zero-order valence-electron chi connectivity index (χ0n) is 11.7. The molecule has 2 aromatic rings. The lowest BCUT2D eigenvalue weighted by Crippen LogP contribution is -2.28. The van der Waals surface area contributed by atoms with Crippen LogP contribution in [0.4, 0.5) is 0 Å². The molecule has 0 heterocycles. The van der Waals surface area contributed by atoms with Gasteiger partial charge in [-0.1, -0.05) is 35.3 Å². The van der Waals surface area contributed by atoms with Crippen molar-refractivity contribution in [1.82, 2.24) is 5.32 Å². The van der Waals surface area contributed by atoms with Gasteiger partial charge in [-0.2, -0.15) is 5.26 Å². The molecular formula is C16H11Cl2N3O2. The first-order valence-corrected chi connectivity index (χ1v) is 7.23. The van der Waals surface area contributed by atoms with E-state index in [0.29, 0.717) is 10.6 Å². The third-order valence-corrected chi connectivity index (χ3v) is 3.83. The predicted octanol–water partition coefficient (Wildman–Crippen LogP) is 3.09. The van der Waals surface area contributed by atoms with Crippen LogP contribution in [-0.4, -0.2) is 11.8 Å². The maximum Gasteiger partial charge on any atom is 0.252 e. The van der Waals surface area contributed by atoms with Crippen LogP contribution in [0.2, 0.25) is 10.0 Å². The number of amides is 2. The minimum atomic E-state index is -0.908. The van der Waals surface area contributed by atoms with Crippen LogP contribution in [0.1, 0.15) is 32.3 Å². The summed E-state index contributed by atoms with van der Waals surface area (Å²) in [7, 11) is 0. The Morgan fingerprint density at radius 1 is 1.09 bits per heavy atom. The Bertz CT molecular complexity index is 815. The summed E-state index contributed by atoms with van der Waals surface area (Å²) >= 11 is 11.7. The topological polar surface area (TPSA) is 96.0 Å². The summed E-state index contributed by atoms with van der Waals surface area (Å²) in [5.41, 5.74) is 6.12. The fraction of sp³-hybridized carbons (Fsp3) is 0.0625. The van der Waals surface area contributed by atoms with E-state index in [1.54, 1.807) is 12.1 Å². The third-order valence-electron chi connectivity index (χ3n) is 3.09. The normalized spacial score (nSPS) is 11.3. The van der Waals surface area contributed by atoms with E-state index in [9.17, 15) is 14.9 Å². The number of carbonyl (C=O) groups excluding carboxylic acids is 2. The summed E-state index contributed by atoms with van der Waals surface area (Å²) in [6, 6.07) is 11.6. The molecule has 0 aromatic heterocycles. The largest absolute Gasteiger partial charge is 0.366 e. The second kappa shape index (κ2) is 7.14. The molecule has 0 spiro atoms. The second-order valence-electron chi connectivity index (χ2n) is 4.65. The number of nitrogens with one attached hydrogen (secondary N) is 1. The molecule has 0 fully saturated rings. The van der Waals surface area contributed by atoms with Gasteiger partial charge in [0.1, 0.15) is 6.04 Å². The molecule has 0 aliphatic heterocycles. The van der Waals surface area contributed by atoms with Crippen molar-refractivity contribution < 1.29 is 9.59 Å². The van der Waals surface area contributed by atoms with E-state index < -0.39 is 17.9 Å². The fourth-order valence-electron chi connectivity index (χ4n) is 1.91. The molecule has 1 atom stereocenters. The summed E-state index contributed by atoms with van der Waals surface area (Å²) in [5.74, 6) is -1.15. The molecule has 7 heteroatoms. The Hall–Kier alpha value is -2.55. The second-order valence-corrected chi connectivity index (χ2v) is 5.47. The number of hydrogen-bond donors (Lipinski definition) is 2. The lowest BCUT2D eigenvalue weighted by Gasteiger charge is -2.13. The van der Waals surface area contributed by atoms with Crippen molar-refractivity contribution in [3.63, 3.8) is 0 Å². The highest BCUT2D eigenvalue weighted by Gasteiger charge is 2.17. The zero-order chi connectivity index (χ0) is 17.0. The van der Waals surface area contributed by atoms with E-state index in [4.69, 9.17) is 28.9 Å².